The van der Waals surface area contributed by atoms with E-state index in [2.05, 4.69) is 172 Å². The highest BCUT2D eigenvalue weighted by Gasteiger charge is 2.21. The molecule has 76 heavy (non-hydrogen) atoms. The molecule has 0 bridgehead atoms. The molecule has 428 valence electrons. The molecule has 9 nitrogen and oxygen atoms in total. The molecular formula is C66H106NO8P. The zero-order valence-electron chi connectivity index (χ0n) is 48.4. The average molecular weight is 1070 g/mol. The molecule has 0 radical (unpaired) electrons. The first-order valence-corrected chi connectivity index (χ1v) is 30.7. The van der Waals surface area contributed by atoms with Crippen molar-refractivity contribution in [2.24, 2.45) is 0 Å². The normalized spacial score (nSPS) is 14.4. The number of hydrogen-bond acceptors (Lipinski definition) is 8. The summed E-state index contributed by atoms with van der Waals surface area (Å²) in [6.07, 6.45) is 82.9. The molecule has 0 heterocycles. The van der Waals surface area contributed by atoms with Gasteiger partial charge in [0.2, 0.25) is 0 Å². The standard InChI is InChI=1S/C66H106NO8P/c1-6-8-10-12-14-16-18-20-22-24-25-26-27-28-29-30-31-32-33-34-35-36-37-38-39-40-41-43-45-47-49-51-53-55-57-59-66(69)75-64(63-74-76(70,71)73-61-60-67(3,4)5)62-72-65(68)58-56-54-52-50-48-46-44-42-23-21-19-17-15-13-11-9-7-2/h8-11,14-17,20-23,25-26,28-29,31-32,34-35,37-38,40-41,45,47,64H,6-7,12-13,18-19,24,27,30,33,36,39,42-44,46,48-63H2,1-5H3/b10-8-,11-9-,16-14-,17-15-,22-20-,23-21-,26-25-,29-28-,32-31-,35-34-,38-37-,41-40-,47-45-. The van der Waals surface area contributed by atoms with Crippen LogP contribution in [0.4, 0.5) is 0 Å². The van der Waals surface area contributed by atoms with Crippen molar-refractivity contribution in [3.05, 3.63) is 158 Å². The van der Waals surface area contributed by atoms with Crippen LogP contribution < -0.4 is 4.89 Å². The Morgan fingerprint density at radius 3 is 1.05 bits per heavy atom. The first kappa shape index (κ1) is 71.6. The zero-order chi connectivity index (χ0) is 55.6. The van der Waals surface area contributed by atoms with Crippen LogP contribution in [-0.4, -0.2) is 70.0 Å². The molecule has 0 spiro atoms. The van der Waals surface area contributed by atoms with E-state index < -0.39 is 32.5 Å². The maximum Gasteiger partial charge on any atom is 0.306 e. The van der Waals surface area contributed by atoms with Crippen LogP contribution in [0.3, 0.4) is 0 Å². The Morgan fingerprint density at radius 2 is 0.711 bits per heavy atom. The third kappa shape index (κ3) is 58.9. The minimum absolute atomic E-state index is 0.0473. The van der Waals surface area contributed by atoms with Crippen LogP contribution in [0.25, 0.3) is 0 Å². The molecule has 2 unspecified atom stereocenters. The second-order valence-electron chi connectivity index (χ2n) is 19.9. The van der Waals surface area contributed by atoms with Crippen LogP contribution in [0.1, 0.15) is 194 Å². The Bertz CT molecular complexity index is 1840. The SMILES string of the molecule is CC/C=C\C/C=C\C/C=C\C/C=C\C/C=C\C/C=C\C/C=C\C/C=C\C/C=C\C/C=C\CCCCCCC(=O)OC(COC(=O)CCCCCCCCC/C=C\C/C=C\C/C=C\CC)COP(=O)([O-])OCC[N+](C)(C)C. The van der Waals surface area contributed by atoms with Crippen LogP contribution in [-0.2, 0) is 32.7 Å². The van der Waals surface area contributed by atoms with Gasteiger partial charge in [0, 0.05) is 12.8 Å². The minimum Gasteiger partial charge on any atom is -0.756 e. The number of hydrogen-bond donors (Lipinski definition) is 0. The fraction of sp³-hybridized carbons (Fsp3) is 0.576. The van der Waals surface area contributed by atoms with E-state index in [9.17, 15) is 19.0 Å². The van der Waals surface area contributed by atoms with Gasteiger partial charge < -0.3 is 27.9 Å². The summed E-state index contributed by atoms with van der Waals surface area (Å²) in [4.78, 5) is 37.8. The summed E-state index contributed by atoms with van der Waals surface area (Å²) in [5, 5.41) is 0. The molecule has 2 atom stereocenters. The predicted molar refractivity (Wildman–Crippen MR) is 323 cm³/mol. The van der Waals surface area contributed by atoms with Crippen molar-refractivity contribution in [3.8, 4) is 0 Å². The van der Waals surface area contributed by atoms with Crippen LogP contribution in [0.2, 0.25) is 0 Å². The first-order chi connectivity index (χ1) is 37.0. The van der Waals surface area contributed by atoms with Gasteiger partial charge in [-0.1, -0.05) is 217 Å². The Labute approximate surface area is 465 Å². The molecule has 0 aliphatic rings. The maximum absolute atomic E-state index is 12.8. The lowest BCUT2D eigenvalue weighted by Crippen LogP contribution is -2.37. The third-order valence-corrected chi connectivity index (χ3v) is 12.5. The molecule has 0 saturated carbocycles. The summed E-state index contributed by atoms with van der Waals surface area (Å²) in [5.74, 6) is -0.889. The molecule has 0 aliphatic heterocycles. The second-order valence-corrected chi connectivity index (χ2v) is 21.3. The number of quaternary nitrogens is 1. The Kier molecular flexibility index (Phi) is 52.2. The Morgan fingerprint density at radius 1 is 0.408 bits per heavy atom. The van der Waals surface area contributed by atoms with E-state index in [1.165, 1.54) is 19.3 Å². The topological polar surface area (TPSA) is 111 Å². The lowest BCUT2D eigenvalue weighted by atomic mass is 10.1. The number of allylic oxidation sites excluding steroid dienone is 26. The van der Waals surface area contributed by atoms with E-state index in [4.69, 9.17) is 18.5 Å². The van der Waals surface area contributed by atoms with Crippen LogP contribution in [0.5, 0.6) is 0 Å². The van der Waals surface area contributed by atoms with E-state index >= 15 is 0 Å². The van der Waals surface area contributed by atoms with Gasteiger partial charge in [0.1, 0.15) is 19.8 Å². The number of rotatable bonds is 51. The highest BCUT2D eigenvalue weighted by Crippen LogP contribution is 2.38. The Balaban J connectivity index is 4.27. The van der Waals surface area contributed by atoms with Gasteiger partial charge in [0.15, 0.2) is 6.10 Å². The van der Waals surface area contributed by atoms with Crippen LogP contribution in [0, 0.1) is 0 Å². The van der Waals surface area contributed by atoms with E-state index in [1.54, 1.807) is 0 Å². The molecular weight excluding hydrogens is 966 g/mol. The van der Waals surface area contributed by atoms with E-state index in [0.717, 1.165) is 135 Å². The van der Waals surface area contributed by atoms with Crippen molar-refractivity contribution < 1.29 is 42.1 Å². The molecule has 0 aliphatic carbocycles. The minimum atomic E-state index is -4.66. The van der Waals surface area contributed by atoms with Crippen LogP contribution >= 0.6 is 7.82 Å². The lowest BCUT2D eigenvalue weighted by molar-refractivity contribution is -0.870. The number of esters is 2. The van der Waals surface area contributed by atoms with Crippen molar-refractivity contribution in [2.45, 2.75) is 200 Å². The largest absolute Gasteiger partial charge is 0.756 e. The summed E-state index contributed by atoms with van der Waals surface area (Å²) in [6.45, 7) is 3.94. The van der Waals surface area contributed by atoms with E-state index in [-0.39, 0.29) is 26.1 Å². The number of carbonyl (C=O) groups excluding carboxylic acids is 2. The fourth-order valence-corrected chi connectivity index (χ4v) is 7.84. The maximum atomic E-state index is 12.8. The summed E-state index contributed by atoms with van der Waals surface area (Å²) in [6, 6.07) is 0. The lowest BCUT2D eigenvalue weighted by Gasteiger charge is -2.28. The summed E-state index contributed by atoms with van der Waals surface area (Å²) in [5.41, 5.74) is 0. The number of phosphoric acid groups is 1. The number of nitrogens with zero attached hydrogens (tertiary/aromatic N) is 1. The van der Waals surface area contributed by atoms with Gasteiger partial charge in [0.25, 0.3) is 7.82 Å². The smallest absolute Gasteiger partial charge is 0.306 e. The summed E-state index contributed by atoms with van der Waals surface area (Å²) in [7, 11) is 1.11. The fourth-order valence-electron chi connectivity index (χ4n) is 7.11. The van der Waals surface area contributed by atoms with Crippen molar-refractivity contribution in [2.75, 3.05) is 47.5 Å². The Hall–Kier alpha value is -4.37. The van der Waals surface area contributed by atoms with E-state index in [1.807, 2.05) is 21.1 Å². The van der Waals surface area contributed by atoms with Gasteiger partial charge in [0.05, 0.1) is 27.7 Å². The van der Waals surface area contributed by atoms with Gasteiger partial charge in [-0.2, -0.15) is 0 Å². The monoisotopic (exact) mass is 1070 g/mol. The highest BCUT2D eigenvalue weighted by molar-refractivity contribution is 7.45. The quantitative estimate of drug-likeness (QED) is 0.0195. The number of unbranched alkanes of at least 4 members (excludes halogenated alkanes) is 11. The average Bonchev–Trinajstić information content (AvgIpc) is 3.38. The number of likely N-dealkylation sites (N-methyl/N-ethyl adjacent to an activating group) is 1. The third-order valence-electron chi connectivity index (χ3n) is 11.5. The number of ether oxygens (including phenoxy) is 2. The zero-order valence-corrected chi connectivity index (χ0v) is 49.3. The number of phosphoric ester groups is 1. The van der Waals surface area contributed by atoms with Crippen molar-refractivity contribution >= 4 is 19.8 Å². The second kappa shape index (κ2) is 55.4. The molecule has 0 aromatic heterocycles. The van der Waals surface area contributed by atoms with Crippen molar-refractivity contribution in [1.29, 1.82) is 0 Å². The first-order valence-electron chi connectivity index (χ1n) is 29.2. The highest BCUT2D eigenvalue weighted by atomic mass is 31.2. The predicted octanol–water partition coefficient (Wildman–Crippen LogP) is 17.8. The van der Waals surface area contributed by atoms with E-state index in [0.29, 0.717) is 23.9 Å². The van der Waals surface area contributed by atoms with Gasteiger partial charge >= 0.3 is 11.9 Å². The molecule has 0 saturated heterocycles. The molecule has 0 aromatic rings. The number of carbonyl (C=O) groups is 2. The van der Waals surface area contributed by atoms with Crippen molar-refractivity contribution in [3.63, 3.8) is 0 Å². The molecule has 10 heteroatoms. The van der Waals surface area contributed by atoms with Gasteiger partial charge in [-0.15, -0.1) is 0 Å². The molecule has 0 fully saturated rings. The summed E-state index contributed by atoms with van der Waals surface area (Å²) < 4.78 is 34.1. The van der Waals surface area contributed by atoms with Crippen molar-refractivity contribution in [1.82, 2.24) is 0 Å². The van der Waals surface area contributed by atoms with Gasteiger partial charge in [-0.05, 0) is 122 Å². The summed E-state index contributed by atoms with van der Waals surface area (Å²) >= 11 is 0. The molecule has 0 amide bonds. The molecule has 0 aromatic carbocycles. The molecule has 0 rings (SSSR count). The van der Waals surface area contributed by atoms with Crippen LogP contribution in [0.15, 0.2) is 158 Å². The van der Waals surface area contributed by atoms with Gasteiger partial charge in [-0.25, -0.2) is 0 Å². The molecule has 0 N–H and O–H groups in total. The van der Waals surface area contributed by atoms with Gasteiger partial charge in [-0.3, -0.25) is 14.2 Å².